The average Bonchev–Trinajstić information content (AvgIpc) is 3.89. The molecule has 0 heterocycles. The first-order valence-corrected chi connectivity index (χ1v) is 23.7. The lowest BCUT2D eigenvalue weighted by atomic mass is 9.68. The van der Waals surface area contributed by atoms with Gasteiger partial charge in [0.1, 0.15) is 0 Å². The van der Waals surface area contributed by atoms with E-state index in [0.29, 0.717) is 0 Å². The van der Waals surface area contributed by atoms with Crippen LogP contribution in [0.1, 0.15) is 22.3 Å². The van der Waals surface area contributed by atoms with E-state index in [9.17, 15) is 0 Å². The van der Waals surface area contributed by atoms with Gasteiger partial charge in [0, 0.05) is 17.1 Å². The summed E-state index contributed by atoms with van der Waals surface area (Å²) in [5, 5.41) is 7.70. The molecule has 1 atom stereocenters. The number of hydrogen-bond acceptors (Lipinski definition) is 1. The summed E-state index contributed by atoms with van der Waals surface area (Å²) in [6.45, 7) is 0. The molecule has 14 rings (SSSR count). The van der Waals surface area contributed by atoms with Crippen LogP contribution in [0.3, 0.4) is 0 Å². The van der Waals surface area contributed by atoms with Crippen LogP contribution in [-0.2, 0) is 5.41 Å². The van der Waals surface area contributed by atoms with Crippen molar-refractivity contribution in [1.29, 1.82) is 0 Å². The minimum Gasteiger partial charge on any atom is -0.310 e. The zero-order chi connectivity index (χ0) is 44.8. The van der Waals surface area contributed by atoms with Gasteiger partial charge in [0.2, 0.25) is 0 Å². The van der Waals surface area contributed by atoms with Crippen LogP contribution in [0.5, 0.6) is 0 Å². The highest BCUT2D eigenvalue weighted by molar-refractivity contribution is 6.26. The van der Waals surface area contributed by atoms with E-state index >= 15 is 0 Å². The third kappa shape index (κ3) is 5.63. The quantitative estimate of drug-likeness (QED) is 0.151. The molecule has 12 aromatic rings. The predicted molar refractivity (Wildman–Crippen MR) is 286 cm³/mol. The van der Waals surface area contributed by atoms with Gasteiger partial charge in [-0.2, -0.15) is 0 Å². The number of nitrogens with zero attached hydrogens (tertiary/aromatic N) is 1. The lowest BCUT2D eigenvalue weighted by Gasteiger charge is -2.33. The van der Waals surface area contributed by atoms with Crippen LogP contribution in [0.4, 0.5) is 17.1 Å². The van der Waals surface area contributed by atoms with Crippen molar-refractivity contribution < 1.29 is 0 Å². The number of fused-ring (bicyclic) bond motifs is 17. The summed E-state index contributed by atoms with van der Waals surface area (Å²) in [5.41, 5.74) is 20.4. The maximum Gasteiger partial charge on any atom is 0.0732 e. The molecule has 0 radical (unpaired) electrons. The maximum atomic E-state index is 2.55. The monoisotopic (exact) mass is 861 g/mol. The molecular formula is C67H43N. The predicted octanol–water partition coefficient (Wildman–Crippen LogP) is 18.0. The third-order valence-electron chi connectivity index (χ3n) is 14.8. The van der Waals surface area contributed by atoms with Crippen molar-refractivity contribution in [2.75, 3.05) is 4.90 Å². The van der Waals surface area contributed by atoms with Gasteiger partial charge < -0.3 is 4.90 Å². The third-order valence-corrected chi connectivity index (χ3v) is 14.8. The fraction of sp³-hybridized carbons (Fsp3) is 0.0149. The Hall–Kier alpha value is -8.78. The lowest BCUT2D eigenvalue weighted by molar-refractivity contribution is 0.802. The standard InChI is InChI=1S/C67H43N/c1-5-19-44(20-6-1)48-39-49(45-21-7-2-8-22-45)41-50(40-48)47-34-36-56-57-38-35-53(68(51-24-9-3-10-25-51)52-26-11-4-12-27-52)43-63(57)67(62(56)42-47)61-32-18-17-31-60(61)65-58-30-16-15-29-55(58)59-37-33-46-23-13-14-28-54(46)64(59)66(65)67/h1-43H. The van der Waals surface area contributed by atoms with Gasteiger partial charge in [-0.3, -0.25) is 0 Å². The van der Waals surface area contributed by atoms with Crippen molar-refractivity contribution in [3.63, 3.8) is 0 Å². The summed E-state index contributed by atoms with van der Waals surface area (Å²) in [6.07, 6.45) is 0. The van der Waals surface area contributed by atoms with Crippen molar-refractivity contribution in [3.05, 3.63) is 283 Å². The second kappa shape index (κ2) is 15.1. The normalized spacial score (nSPS) is 14.2. The topological polar surface area (TPSA) is 3.24 Å². The van der Waals surface area contributed by atoms with Crippen LogP contribution in [0.25, 0.3) is 88.0 Å². The van der Waals surface area contributed by atoms with Gasteiger partial charge in [0.15, 0.2) is 0 Å². The van der Waals surface area contributed by atoms with Crippen LogP contribution >= 0.6 is 0 Å². The maximum absolute atomic E-state index is 2.55. The van der Waals surface area contributed by atoms with Gasteiger partial charge in [0.05, 0.1) is 5.41 Å². The molecular weight excluding hydrogens is 819 g/mol. The molecule has 1 unspecified atom stereocenters. The van der Waals surface area contributed by atoms with E-state index in [2.05, 4.69) is 266 Å². The molecule has 1 spiro atoms. The number of para-hydroxylation sites is 2. The molecule has 0 aliphatic heterocycles. The molecule has 0 amide bonds. The number of benzene rings is 12. The minimum absolute atomic E-state index is 0.673. The molecule has 0 saturated heterocycles. The molecule has 2 aliphatic carbocycles. The highest BCUT2D eigenvalue weighted by Crippen LogP contribution is 2.67. The van der Waals surface area contributed by atoms with E-state index in [0.717, 1.165) is 17.1 Å². The Kier molecular flexibility index (Phi) is 8.57. The molecule has 1 nitrogen and oxygen atoms in total. The summed E-state index contributed by atoms with van der Waals surface area (Å²) in [5.74, 6) is 0. The molecule has 0 aromatic heterocycles. The van der Waals surface area contributed by atoms with Gasteiger partial charge in [-0.15, -0.1) is 0 Å². The van der Waals surface area contributed by atoms with Crippen molar-refractivity contribution in [1.82, 2.24) is 0 Å². The summed E-state index contributed by atoms with van der Waals surface area (Å²) in [7, 11) is 0. The SMILES string of the molecule is c1ccc(-c2cc(-c3ccccc3)cc(-c3ccc4c(c3)C3(c5cc(N(c6ccccc6)c6ccccc6)ccc5-4)c4ccccc4-c4c3c3c5ccccc5ccc3c3ccccc43)c2)cc1. The fourth-order valence-electron chi connectivity index (χ4n) is 12.0. The van der Waals surface area contributed by atoms with Crippen molar-refractivity contribution >= 4 is 49.4 Å². The number of rotatable bonds is 6. The van der Waals surface area contributed by atoms with Crippen LogP contribution in [0.15, 0.2) is 261 Å². The Morgan fingerprint density at radius 1 is 0.265 bits per heavy atom. The Morgan fingerprint density at radius 3 is 1.44 bits per heavy atom. The van der Waals surface area contributed by atoms with Crippen molar-refractivity contribution in [2.24, 2.45) is 0 Å². The van der Waals surface area contributed by atoms with E-state index < -0.39 is 5.41 Å². The molecule has 2 aliphatic rings. The Morgan fingerprint density at radius 2 is 0.779 bits per heavy atom. The number of hydrogen-bond donors (Lipinski definition) is 0. The van der Waals surface area contributed by atoms with Gasteiger partial charge in [0.25, 0.3) is 0 Å². The van der Waals surface area contributed by atoms with Crippen LogP contribution < -0.4 is 4.90 Å². The molecule has 0 N–H and O–H groups in total. The Balaban J connectivity index is 1.13. The Labute approximate surface area is 396 Å². The van der Waals surface area contributed by atoms with Crippen molar-refractivity contribution in [2.45, 2.75) is 5.41 Å². The summed E-state index contributed by atoms with van der Waals surface area (Å²) in [4.78, 5) is 2.41. The molecule has 0 fully saturated rings. The van der Waals surface area contributed by atoms with E-state index in [4.69, 9.17) is 0 Å². The molecule has 1 heteroatoms. The zero-order valence-electron chi connectivity index (χ0n) is 37.3. The van der Waals surface area contributed by atoms with Gasteiger partial charge in [-0.1, -0.05) is 200 Å². The largest absolute Gasteiger partial charge is 0.310 e. The first-order valence-electron chi connectivity index (χ1n) is 23.7. The van der Waals surface area contributed by atoms with Crippen LogP contribution in [0.2, 0.25) is 0 Å². The molecule has 12 aromatic carbocycles. The van der Waals surface area contributed by atoms with E-state index in [1.807, 2.05) is 0 Å². The molecule has 0 bridgehead atoms. The molecule has 68 heavy (non-hydrogen) atoms. The molecule has 316 valence electrons. The van der Waals surface area contributed by atoms with Crippen LogP contribution in [-0.4, -0.2) is 0 Å². The summed E-state index contributed by atoms with van der Waals surface area (Å²) in [6, 6.07) is 97.1. The van der Waals surface area contributed by atoms with Gasteiger partial charge >= 0.3 is 0 Å². The van der Waals surface area contributed by atoms with Crippen LogP contribution in [0, 0.1) is 0 Å². The minimum atomic E-state index is -0.673. The Bertz CT molecular complexity index is 3850. The van der Waals surface area contributed by atoms with E-state index in [1.54, 1.807) is 0 Å². The number of anilines is 3. The highest BCUT2D eigenvalue weighted by Gasteiger charge is 2.53. The summed E-state index contributed by atoms with van der Waals surface area (Å²) >= 11 is 0. The second-order valence-corrected chi connectivity index (χ2v) is 18.3. The average molecular weight is 862 g/mol. The van der Waals surface area contributed by atoms with Crippen molar-refractivity contribution in [3.8, 4) is 55.6 Å². The highest BCUT2D eigenvalue weighted by atomic mass is 15.1. The van der Waals surface area contributed by atoms with Gasteiger partial charge in [-0.05, 0) is 171 Å². The smallest absolute Gasteiger partial charge is 0.0732 e. The fourth-order valence-corrected chi connectivity index (χ4v) is 12.0. The first kappa shape index (κ1) is 38.5. The van der Waals surface area contributed by atoms with E-state index in [-0.39, 0.29) is 0 Å². The zero-order valence-corrected chi connectivity index (χ0v) is 37.3. The molecule has 0 saturated carbocycles. The second-order valence-electron chi connectivity index (χ2n) is 18.3. The lowest BCUT2D eigenvalue weighted by Crippen LogP contribution is -2.27. The summed E-state index contributed by atoms with van der Waals surface area (Å²) < 4.78 is 0. The van der Waals surface area contributed by atoms with Gasteiger partial charge in [-0.25, -0.2) is 0 Å². The van der Waals surface area contributed by atoms with E-state index in [1.165, 1.54) is 110 Å². The first-order chi connectivity index (χ1) is 33.7.